The molecule has 0 aliphatic rings. The Balaban J connectivity index is 0.00000361. The molecular formula is C11H15Cl2CuO2PS3. The molecule has 0 aliphatic heterocycles. The maximum Gasteiger partial charge on any atom is 0.248 e. The molecule has 0 aliphatic carbocycles. The van der Waals surface area contributed by atoms with Gasteiger partial charge in [-0.05, 0) is 43.9 Å². The van der Waals surface area contributed by atoms with Gasteiger partial charge in [-0.25, -0.2) is 0 Å². The van der Waals surface area contributed by atoms with Gasteiger partial charge < -0.3 is 9.05 Å². The maximum atomic E-state index is 6.10. The summed E-state index contributed by atoms with van der Waals surface area (Å²) in [5.41, 5.74) is -2.23. The van der Waals surface area contributed by atoms with Crippen molar-refractivity contribution in [2.45, 2.75) is 18.7 Å². The number of halogens is 2. The first kappa shape index (κ1) is 21.6. The minimum atomic E-state index is -2.23. The second kappa shape index (κ2) is 11.2. The van der Waals surface area contributed by atoms with Gasteiger partial charge in [0.15, 0.2) is 0 Å². The van der Waals surface area contributed by atoms with E-state index in [-0.39, 0.29) is 17.1 Å². The van der Waals surface area contributed by atoms with Crippen molar-refractivity contribution < 1.29 is 26.1 Å². The number of hydrogen-bond acceptors (Lipinski definition) is 5. The van der Waals surface area contributed by atoms with Gasteiger partial charge in [0, 0.05) is 27.0 Å². The van der Waals surface area contributed by atoms with Crippen LogP contribution in [0.25, 0.3) is 0 Å². The molecule has 0 heterocycles. The van der Waals surface area contributed by atoms with Gasteiger partial charge in [0.25, 0.3) is 0 Å². The van der Waals surface area contributed by atoms with Crippen molar-refractivity contribution in [1.82, 2.24) is 0 Å². The van der Waals surface area contributed by atoms with E-state index in [1.165, 1.54) is 11.4 Å². The average molecular weight is 441 g/mol. The third kappa shape index (κ3) is 7.73. The number of hydrogen-bond donors (Lipinski definition) is 0. The van der Waals surface area contributed by atoms with E-state index in [2.05, 4.69) is 0 Å². The van der Waals surface area contributed by atoms with E-state index < -0.39 is 5.69 Å². The van der Waals surface area contributed by atoms with Crippen LogP contribution in [0, 0.1) is 0 Å². The molecule has 1 aromatic carbocycles. The quantitative estimate of drug-likeness (QED) is 0.211. The van der Waals surface area contributed by atoms with Gasteiger partial charge in [-0.3, -0.25) is 0 Å². The second-order valence-corrected chi connectivity index (χ2v) is 11.8. The van der Waals surface area contributed by atoms with Crippen molar-refractivity contribution in [1.29, 1.82) is 0 Å². The SMILES string of the molecule is CCOP(=S)(OCC)SCSc1cc(Cl)ccc1Cl.[Cu]. The van der Waals surface area contributed by atoms with Crippen LogP contribution >= 0.6 is 52.0 Å². The summed E-state index contributed by atoms with van der Waals surface area (Å²) >= 11 is 20.6. The van der Waals surface area contributed by atoms with Crippen LogP contribution < -0.4 is 0 Å². The standard InChI is InChI=1S/C11H15Cl2O2PS3.Cu/c1-3-14-16(17,15-4-2)19-8-18-11-7-9(12)5-6-10(11)13;/h5-7H,3-4,8H2,1-2H3;. The molecule has 0 bridgehead atoms. The molecular weight excluding hydrogens is 426 g/mol. The van der Waals surface area contributed by atoms with Crippen LogP contribution in [-0.2, 0) is 37.9 Å². The van der Waals surface area contributed by atoms with E-state index in [4.69, 9.17) is 44.1 Å². The first-order valence-electron chi connectivity index (χ1n) is 5.62. The number of rotatable bonds is 8. The molecule has 0 unspecified atom stereocenters. The summed E-state index contributed by atoms with van der Waals surface area (Å²) in [4.78, 5) is 0.941. The van der Waals surface area contributed by atoms with E-state index >= 15 is 0 Å². The fraction of sp³-hybridized carbons (Fsp3) is 0.455. The van der Waals surface area contributed by atoms with E-state index in [9.17, 15) is 0 Å². The Morgan fingerprint density at radius 2 is 1.80 bits per heavy atom. The summed E-state index contributed by atoms with van der Waals surface area (Å²) < 4.78 is 11.1. The first-order chi connectivity index (χ1) is 9.00. The molecule has 9 heteroatoms. The molecule has 0 amide bonds. The molecule has 1 rings (SSSR count). The molecule has 0 spiro atoms. The largest absolute Gasteiger partial charge is 0.322 e. The van der Waals surface area contributed by atoms with E-state index in [1.807, 2.05) is 19.9 Å². The second-order valence-electron chi connectivity index (χ2n) is 3.25. The molecule has 0 saturated carbocycles. The van der Waals surface area contributed by atoms with Crippen LogP contribution in [-0.4, -0.2) is 18.3 Å². The van der Waals surface area contributed by atoms with Crippen molar-refractivity contribution in [2.24, 2.45) is 0 Å². The molecule has 0 saturated heterocycles. The monoisotopic (exact) mass is 439 g/mol. The minimum Gasteiger partial charge on any atom is -0.322 e. The molecule has 0 atom stereocenters. The van der Waals surface area contributed by atoms with Crippen molar-refractivity contribution in [2.75, 3.05) is 18.3 Å². The zero-order valence-electron chi connectivity index (χ0n) is 10.9. The van der Waals surface area contributed by atoms with Gasteiger partial charge in [-0.1, -0.05) is 34.6 Å². The molecule has 20 heavy (non-hydrogen) atoms. The van der Waals surface area contributed by atoms with Crippen LogP contribution in [0.2, 0.25) is 10.0 Å². The van der Waals surface area contributed by atoms with E-state index in [1.54, 1.807) is 23.9 Å². The number of benzene rings is 1. The zero-order valence-corrected chi connectivity index (χ0v) is 16.7. The molecule has 0 N–H and O–H groups in total. The van der Waals surface area contributed by atoms with Gasteiger partial charge in [0.2, 0.25) is 5.69 Å². The molecule has 1 aromatic rings. The van der Waals surface area contributed by atoms with Crippen LogP contribution in [0.3, 0.4) is 0 Å². The third-order valence-electron chi connectivity index (χ3n) is 1.89. The summed E-state index contributed by atoms with van der Waals surface area (Å²) in [6.45, 7) is 4.96. The average Bonchev–Trinajstić information content (AvgIpc) is 2.34. The van der Waals surface area contributed by atoms with E-state index in [0.29, 0.717) is 23.3 Å². The molecule has 1 radical (unpaired) electrons. The van der Waals surface area contributed by atoms with Gasteiger partial charge in [-0.2, -0.15) is 0 Å². The summed E-state index contributed by atoms with van der Waals surface area (Å²) in [6.07, 6.45) is 0. The predicted octanol–water partition coefficient (Wildman–Crippen LogP) is 6.07. The summed E-state index contributed by atoms with van der Waals surface area (Å²) in [7, 11) is 0. The molecule has 0 aromatic heterocycles. The van der Waals surface area contributed by atoms with Crippen LogP contribution in [0.15, 0.2) is 23.1 Å². The number of thioether (sulfide) groups is 1. The van der Waals surface area contributed by atoms with Crippen LogP contribution in [0.4, 0.5) is 0 Å². The Bertz CT molecular complexity index is 455. The Hall–Kier alpha value is 1.59. The van der Waals surface area contributed by atoms with Crippen molar-refractivity contribution in [3.8, 4) is 0 Å². The van der Waals surface area contributed by atoms with Crippen molar-refractivity contribution >= 4 is 63.8 Å². The van der Waals surface area contributed by atoms with Gasteiger partial charge in [0.05, 0.1) is 23.3 Å². The summed E-state index contributed by atoms with van der Waals surface area (Å²) in [5.74, 6) is 0. The summed E-state index contributed by atoms with van der Waals surface area (Å²) in [5, 5.41) is 2.08. The molecule has 2 nitrogen and oxygen atoms in total. The summed E-state index contributed by atoms with van der Waals surface area (Å²) in [6, 6.07) is 5.41. The normalized spacial score (nSPS) is 11.2. The fourth-order valence-corrected chi connectivity index (χ4v) is 8.71. The molecule has 0 fully saturated rings. The Kier molecular flexibility index (Phi) is 12.1. The Morgan fingerprint density at radius 3 is 2.35 bits per heavy atom. The van der Waals surface area contributed by atoms with Crippen molar-refractivity contribution in [3.05, 3.63) is 28.2 Å². The third-order valence-corrected chi connectivity index (χ3v) is 9.69. The predicted molar refractivity (Wildman–Crippen MR) is 92.3 cm³/mol. The fourth-order valence-electron chi connectivity index (χ4n) is 1.17. The minimum absolute atomic E-state index is 0. The smallest absolute Gasteiger partial charge is 0.248 e. The van der Waals surface area contributed by atoms with Gasteiger partial charge in [-0.15, -0.1) is 11.8 Å². The van der Waals surface area contributed by atoms with Gasteiger partial charge >= 0.3 is 0 Å². The molecule has 119 valence electrons. The Labute approximate surface area is 154 Å². The van der Waals surface area contributed by atoms with Crippen LogP contribution in [0.1, 0.15) is 13.8 Å². The maximum absolute atomic E-state index is 6.10. The van der Waals surface area contributed by atoms with E-state index in [0.717, 1.165) is 9.98 Å². The Morgan fingerprint density at radius 1 is 1.20 bits per heavy atom. The van der Waals surface area contributed by atoms with Crippen LogP contribution in [0.5, 0.6) is 0 Å². The topological polar surface area (TPSA) is 18.5 Å². The zero-order chi connectivity index (χ0) is 14.3. The first-order valence-corrected chi connectivity index (χ1v) is 11.6. The van der Waals surface area contributed by atoms with Gasteiger partial charge in [0.1, 0.15) is 0 Å². The van der Waals surface area contributed by atoms with Crippen molar-refractivity contribution in [3.63, 3.8) is 0 Å².